The van der Waals surface area contributed by atoms with Crippen molar-refractivity contribution < 1.29 is 15.0 Å². The van der Waals surface area contributed by atoms with E-state index in [9.17, 15) is 4.79 Å². The Morgan fingerprint density at radius 3 is 2.75 bits per heavy atom. The number of aromatic hydroxyl groups is 1. The molecule has 12 heavy (non-hydrogen) atoms. The van der Waals surface area contributed by atoms with Crippen molar-refractivity contribution in [2.75, 3.05) is 0 Å². The summed E-state index contributed by atoms with van der Waals surface area (Å²) in [5.74, 6) is -0.965. The van der Waals surface area contributed by atoms with E-state index in [2.05, 4.69) is 4.98 Å². The molecule has 0 bridgehead atoms. The number of aliphatic carboxylic acids is 1. The highest BCUT2D eigenvalue weighted by Gasteiger charge is 1.90. The van der Waals surface area contributed by atoms with E-state index < -0.39 is 5.97 Å². The molecule has 0 fully saturated rings. The number of hydrogen-bond donors (Lipinski definition) is 2. The van der Waals surface area contributed by atoms with Crippen LogP contribution in [0.15, 0.2) is 24.4 Å². The maximum atomic E-state index is 10.1. The van der Waals surface area contributed by atoms with Crippen LogP contribution in [0.2, 0.25) is 0 Å². The Labute approximate surface area is 68.8 Å². The van der Waals surface area contributed by atoms with Crippen LogP contribution in [0.3, 0.4) is 0 Å². The van der Waals surface area contributed by atoms with E-state index in [1.165, 1.54) is 24.4 Å². The lowest BCUT2D eigenvalue weighted by atomic mass is 10.3. The molecule has 0 amide bonds. The first-order chi connectivity index (χ1) is 5.68. The highest BCUT2D eigenvalue weighted by Crippen LogP contribution is 2.06. The van der Waals surface area contributed by atoms with E-state index in [4.69, 9.17) is 10.2 Å². The summed E-state index contributed by atoms with van der Waals surface area (Å²) in [5, 5.41) is 17.1. The summed E-state index contributed by atoms with van der Waals surface area (Å²) in [6, 6.07) is 2.96. The lowest BCUT2D eigenvalue weighted by molar-refractivity contribution is -0.131. The molecule has 1 aromatic heterocycles. The monoisotopic (exact) mass is 165 g/mol. The fourth-order valence-corrected chi connectivity index (χ4v) is 0.653. The summed E-state index contributed by atoms with van der Waals surface area (Å²) in [5.41, 5.74) is 0.496. The molecule has 4 nitrogen and oxygen atoms in total. The standard InChI is InChI=1S/C8H7NO3/c10-7-3-1-6(9-5-7)2-4-8(11)12/h1-5,10H,(H,11,12)/b4-2+. The third-order valence-electron chi connectivity index (χ3n) is 1.17. The van der Waals surface area contributed by atoms with Crippen molar-refractivity contribution in [2.45, 2.75) is 0 Å². The fraction of sp³-hybridized carbons (Fsp3) is 0. The van der Waals surface area contributed by atoms with Gasteiger partial charge in [-0.2, -0.15) is 0 Å². The van der Waals surface area contributed by atoms with Crippen LogP contribution in [0.4, 0.5) is 0 Å². The van der Waals surface area contributed by atoms with E-state index in [1.54, 1.807) is 0 Å². The van der Waals surface area contributed by atoms with Gasteiger partial charge in [-0.1, -0.05) is 0 Å². The molecule has 4 heteroatoms. The Hall–Kier alpha value is -1.84. The van der Waals surface area contributed by atoms with E-state index in [0.29, 0.717) is 5.69 Å². The SMILES string of the molecule is O=C(O)/C=C/c1ccc(O)cn1. The number of carbonyl (C=O) groups is 1. The van der Waals surface area contributed by atoms with Gasteiger partial charge in [0.1, 0.15) is 5.75 Å². The van der Waals surface area contributed by atoms with Crippen LogP contribution in [0.25, 0.3) is 6.08 Å². The third kappa shape index (κ3) is 2.42. The summed E-state index contributed by atoms with van der Waals surface area (Å²) in [6.07, 6.45) is 3.59. The second kappa shape index (κ2) is 3.52. The van der Waals surface area contributed by atoms with Gasteiger partial charge in [-0.15, -0.1) is 0 Å². The molecule has 0 radical (unpaired) electrons. The van der Waals surface area contributed by atoms with Crippen molar-refractivity contribution in [1.29, 1.82) is 0 Å². The maximum absolute atomic E-state index is 10.1. The minimum Gasteiger partial charge on any atom is -0.506 e. The minimum absolute atomic E-state index is 0.0578. The van der Waals surface area contributed by atoms with Gasteiger partial charge in [-0.3, -0.25) is 4.98 Å². The Balaban J connectivity index is 2.77. The fourth-order valence-electron chi connectivity index (χ4n) is 0.653. The van der Waals surface area contributed by atoms with Crippen molar-refractivity contribution in [2.24, 2.45) is 0 Å². The van der Waals surface area contributed by atoms with Gasteiger partial charge in [0.2, 0.25) is 0 Å². The first-order valence-corrected chi connectivity index (χ1v) is 3.24. The predicted molar refractivity (Wildman–Crippen MR) is 42.6 cm³/mol. The van der Waals surface area contributed by atoms with Gasteiger partial charge in [-0.05, 0) is 18.2 Å². The molecule has 0 spiro atoms. The number of rotatable bonds is 2. The molecule has 0 atom stereocenters. The molecule has 1 heterocycles. The first kappa shape index (κ1) is 8.26. The molecule has 62 valence electrons. The van der Waals surface area contributed by atoms with E-state index in [-0.39, 0.29) is 5.75 Å². The topological polar surface area (TPSA) is 70.4 Å². The largest absolute Gasteiger partial charge is 0.506 e. The second-order valence-corrected chi connectivity index (χ2v) is 2.11. The molecule has 0 saturated carbocycles. The van der Waals surface area contributed by atoms with Gasteiger partial charge in [0.25, 0.3) is 0 Å². The predicted octanol–water partition coefficient (Wildman–Crippen LogP) is 0.885. The number of carboxylic acids is 1. The highest BCUT2D eigenvalue weighted by atomic mass is 16.4. The highest BCUT2D eigenvalue weighted by molar-refractivity contribution is 5.84. The average molecular weight is 165 g/mol. The van der Waals surface area contributed by atoms with Crippen LogP contribution in [0.5, 0.6) is 5.75 Å². The number of aromatic nitrogens is 1. The molecular weight excluding hydrogens is 158 g/mol. The van der Waals surface area contributed by atoms with Crippen molar-refractivity contribution in [3.05, 3.63) is 30.1 Å². The van der Waals surface area contributed by atoms with Crippen molar-refractivity contribution in [1.82, 2.24) is 4.98 Å². The van der Waals surface area contributed by atoms with E-state index in [1.807, 2.05) is 0 Å². The average Bonchev–Trinajstić information content (AvgIpc) is 2.03. The lowest BCUT2D eigenvalue weighted by Crippen LogP contribution is -1.86. The Kier molecular flexibility index (Phi) is 2.42. The number of carboxylic acid groups (broad SMARTS) is 1. The van der Waals surface area contributed by atoms with Gasteiger partial charge in [-0.25, -0.2) is 4.79 Å². The molecule has 0 aromatic carbocycles. The first-order valence-electron chi connectivity index (χ1n) is 3.24. The summed E-state index contributed by atoms with van der Waals surface area (Å²) >= 11 is 0. The summed E-state index contributed by atoms with van der Waals surface area (Å²) in [7, 11) is 0. The van der Waals surface area contributed by atoms with Gasteiger partial charge in [0.15, 0.2) is 0 Å². The zero-order valence-corrected chi connectivity index (χ0v) is 6.14. The third-order valence-corrected chi connectivity index (χ3v) is 1.17. The number of pyridine rings is 1. The summed E-state index contributed by atoms with van der Waals surface area (Å²) in [6.45, 7) is 0. The molecule has 0 unspecified atom stereocenters. The van der Waals surface area contributed by atoms with Crippen molar-refractivity contribution in [3.63, 3.8) is 0 Å². The molecule has 0 saturated heterocycles. The normalized spacial score (nSPS) is 10.3. The molecule has 0 aliphatic carbocycles. The van der Waals surface area contributed by atoms with Crippen molar-refractivity contribution in [3.8, 4) is 5.75 Å². The zero-order chi connectivity index (χ0) is 8.97. The number of hydrogen-bond acceptors (Lipinski definition) is 3. The van der Waals surface area contributed by atoms with Gasteiger partial charge in [0.05, 0.1) is 11.9 Å². The van der Waals surface area contributed by atoms with Gasteiger partial charge in [0, 0.05) is 6.08 Å². The smallest absolute Gasteiger partial charge is 0.328 e. The van der Waals surface area contributed by atoms with E-state index >= 15 is 0 Å². The molecule has 1 rings (SSSR count). The van der Waals surface area contributed by atoms with Crippen LogP contribution in [-0.2, 0) is 4.79 Å². The van der Waals surface area contributed by atoms with Crippen LogP contribution in [0.1, 0.15) is 5.69 Å². The quantitative estimate of drug-likeness (QED) is 0.638. The Bertz CT molecular complexity index is 303. The second-order valence-electron chi connectivity index (χ2n) is 2.11. The van der Waals surface area contributed by atoms with Crippen LogP contribution >= 0.6 is 0 Å². The molecule has 0 aliphatic rings. The summed E-state index contributed by atoms with van der Waals surface area (Å²) in [4.78, 5) is 13.8. The van der Waals surface area contributed by atoms with Crippen molar-refractivity contribution >= 4 is 12.0 Å². The Morgan fingerprint density at radius 2 is 2.25 bits per heavy atom. The van der Waals surface area contributed by atoms with Crippen LogP contribution in [0, 0.1) is 0 Å². The van der Waals surface area contributed by atoms with Gasteiger partial charge >= 0.3 is 5.97 Å². The minimum atomic E-state index is -1.02. The van der Waals surface area contributed by atoms with E-state index in [0.717, 1.165) is 6.08 Å². The molecular formula is C8H7NO3. The molecule has 2 N–H and O–H groups in total. The molecule has 1 aromatic rings. The zero-order valence-electron chi connectivity index (χ0n) is 6.14. The van der Waals surface area contributed by atoms with Crippen LogP contribution in [-0.4, -0.2) is 21.2 Å². The number of nitrogens with zero attached hydrogens (tertiary/aromatic N) is 1. The molecule has 0 aliphatic heterocycles. The van der Waals surface area contributed by atoms with Crippen LogP contribution < -0.4 is 0 Å². The maximum Gasteiger partial charge on any atom is 0.328 e. The van der Waals surface area contributed by atoms with Gasteiger partial charge < -0.3 is 10.2 Å². The lowest BCUT2D eigenvalue weighted by Gasteiger charge is -1.91. The summed E-state index contributed by atoms with van der Waals surface area (Å²) < 4.78 is 0. The Morgan fingerprint density at radius 1 is 1.50 bits per heavy atom.